The van der Waals surface area contributed by atoms with E-state index in [9.17, 15) is 5.11 Å². The van der Waals surface area contributed by atoms with E-state index in [2.05, 4.69) is 6.07 Å². The molecule has 2 heteroatoms. The Labute approximate surface area is 97.5 Å². The van der Waals surface area contributed by atoms with Crippen LogP contribution in [0.1, 0.15) is 31.7 Å². The van der Waals surface area contributed by atoms with Crippen LogP contribution in [0.15, 0.2) is 30.3 Å². The van der Waals surface area contributed by atoms with Crippen molar-refractivity contribution in [2.45, 2.75) is 38.7 Å². The fourth-order valence-electron chi connectivity index (χ4n) is 1.81. The predicted octanol–water partition coefficient (Wildman–Crippen LogP) is 2.92. The van der Waals surface area contributed by atoms with E-state index in [-0.39, 0.29) is 5.92 Å². The minimum absolute atomic E-state index is 0.214. The van der Waals surface area contributed by atoms with Crippen molar-refractivity contribution in [1.82, 2.24) is 0 Å². The Balaban J connectivity index is 2.40. The molecule has 2 unspecified atom stereocenters. The molecule has 1 rings (SSSR count). The number of benzene rings is 1. The second-order valence-corrected chi connectivity index (χ2v) is 4.12. The lowest BCUT2D eigenvalue weighted by Gasteiger charge is -2.15. The third-order valence-electron chi connectivity index (χ3n) is 2.80. The molecule has 1 aromatic carbocycles. The van der Waals surface area contributed by atoms with Crippen LogP contribution in [0.2, 0.25) is 0 Å². The number of aliphatic hydroxyl groups excluding tert-OH is 1. The lowest BCUT2D eigenvalue weighted by molar-refractivity contribution is 0.119. The standard InChI is InChI=1S/C14H19NO/c1-2-6-13(11-15)14(16)10-9-12-7-4-3-5-8-12/h3-5,7-8,13-14,16H,2,6,9-10H2,1H3. The Morgan fingerprint density at radius 2 is 1.94 bits per heavy atom. The van der Waals surface area contributed by atoms with Crippen LogP contribution >= 0.6 is 0 Å². The highest BCUT2D eigenvalue weighted by Gasteiger charge is 2.17. The fourth-order valence-corrected chi connectivity index (χ4v) is 1.81. The molecule has 0 spiro atoms. The predicted molar refractivity (Wildman–Crippen MR) is 64.8 cm³/mol. The number of aliphatic hydroxyl groups is 1. The van der Waals surface area contributed by atoms with Crippen LogP contribution in [-0.4, -0.2) is 11.2 Å². The average molecular weight is 217 g/mol. The summed E-state index contributed by atoms with van der Waals surface area (Å²) in [6.45, 7) is 2.04. The van der Waals surface area contributed by atoms with Crippen molar-refractivity contribution in [3.8, 4) is 6.07 Å². The number of rotatable bonds is 6. The van der Waals surface area contributed by atoms with Gasteiger partial charge in [0.2, 0.25) is 0 Å². The highest BCUT2D eigenvalue weighted by atomic mass is 16.3. The van der Waals surface area contributed by atoms with Crippen molar-refractivity contribution in [3.05, 3.63) is 35.9 Å². The van der Waals surface area contributed by atoms with E-state index < -0.39 is 6.10 Å². The quantitative estimate of drug-likeness (QED) is 0.796. The van der Waals surface area contributed by atoms with Gasteiger partial charge in [-0.25, -0.2) is 0 Å². The first kappa shape index (κ1) is 12.7. The van der Waals surface area contributed by atoms with Crippen molar-refractivity contribution in [2.75, 3.05) is 0 Å². The van der Waals surface area contributed by atoms with Crippen LogP contribution in [0.3, 0.4) is 0 Å². The van der Waals surface area contributed by atoms with Crippen LogP contribution in [0, 0.1) is 17.2 Å². The zero-order valence-corrected chi connectivity index (χ0v) is 9.76. The highest BCUT2D eigenvalue weighted by molar-refractivity contribution is 5.14. The van der Waals surface area contributed by atoms with E-state index in [0.29, 0.717) is 6.42 Å². The Morgan fingerprint density at radius 1 is 1.25 bits per heavy atom. The fraction of sp³-hybridized carbons (Fsp3) is 0.500. The highest BCUT2D eigenvalue weighted by Crippen LogP contribution is 2.15. The number of nitrogens with zero attached hydrogens (tertiary/aromatic N) is 1. The Kier molecular flexibility index (Phi) is 5.60. The van der Waals surface area contributed by atoms with Crippen LogP contribution in [0.4, 0.5) is 0 Å². The van der Waals surface area contributed by atoms with Crippen LogP contribution in [-0.2, 0) is 6.42 Å². The summed E-state index contributed by atoms with van der Waals surface area (Å²) in [5.41, 5.74) is 1.22. The largest absolute Gasteiger partial charge is 0.392 e. The lowest BCUT2D eigenvalue weighted by Crippen LogP contribution is -2.19. The van der Waals surface area contributed by atoms with Gasteiger partial charge in [0.15, 0.2) is 0 Å². The van der Waals surface area contributed by atoms with Gasteiger partial charge in [0, 0.05) is 0 Å². The second-order valence-electron chi connectivity index (χ2n) is 4.12. The van der Waals surface area contributed by atoms with Crippen molar-refractivity contribution in [1.29, 1.82) is 5.26 Å². The van der Waals surface area contributed by atoms with Crippen LogP contribution in [0.25, 0.3) is 0 Å². The van der Waals surface area contributed by atoms with E-state index in [1.165, 1.54) is 5.56 Å². The molecule has 0 fully saturated rings. The molecule has 2 atom stereocenters. The van der Waals surface area contributed by atoms with E-state index in [1.54, 1.807) is 0 Å². The summed E-state index contributed by atoms with van der Waals surface area (Å²) in [4.78, 5) is 0. The molecule has 0 aliphatic carbocycles. The van der Waals surface area contributed by atoms with Gasteiger partial charge in [0.25, 0.3) is 0 Å². The zero-order chi connectivity index (χ0) is 11.8. The molecular formula is C14H19NO. The molecule has 0 aliphatic rings. The molecule has 2 nitrogen and oxygen atoms in total. The van der Waals surface area contributed by atoms with Gasteiger partial charge >= 0.3 is 0 Å². The molecule has 16 heavy (non-hydrogen) atoms. The third kappa shape index (κ3) is 4.04. The maximum atomic E-state index is 9.88. The maximum absolute atomic E-state index is 9.88. The van der Waals surface area contributed by atoms with Crippen LogP contribution < -0.4 is 0 Å². The van der Waals surface area contributed by atoms with Crippen molar-refractivity contribution in [2.24, 2.45) is 5.92 Å². The first-order chi connectivity index (χ1) is 7.77. The first-order valence-corrected chi connectivity index (χ1v) is 5.89. The molecule has 1 aromatic rings. The van der Waals surface area contributed by atoms with Gasteiger partial charge in [0.05, 0.1) is 18.1 Å². The molecule has 0 heterocycles. The molecule has 0 bridgehead atoms. The maximum Gasteiger partial charge on any atom is 0.0722 e. The summed E-state index contributed by atoms with van der Waals surface area (Å²) in [6, 6.07) is 12.3. The Bertz CT molecular complexity index is 328. The van der Waals surface area contributed by atoms with E-state index >= 15 is 0 Å². The van der Waals surface area contributed by atoms with Gasteiger partial charge in [-0.1, -0.05) is 43.7 Å². The van der Waals surface area contributed by atoms with Crippen LogP contribution in [0.5, 0.6) is 0 Å². The van der Waals surface area contributed by atoms with Crippen molar-refractivity contribution >= 4 is 0 Å². The minimum Gasteiger partial charge on any atom is -0.392 e. The molecular weight excluding hydrogens is 198 g/mol. The summed E-state index contributed by atoms with van der Waals surface area (Å²) in [7, 11) is 0. The minimum atomic E-state index is -0.495. The summed E-state index contributed by atoms with van der Waals surface area (Å²) in [6.07, 6.45) is 2.74. The van der Waals surface area contributed by atoms with Crippen molar-refractivity contribution in [3.63, 3.8) is 0 Å². The summed E-state index contributed by atoms with van der Waals surface area (Å²) in [5, 5.41) is 18.8. The SMILES string of the molecule is CCCC(C#N)C(O)CCc1ccccc1. The van der Waals surface area contributed by atoms with Gasteiger partial charge < -0.3 is 5.11 Å². The number of hydrogen-bond acceptors (Lipinski definition) is 2. The second kappa shape index (κ2) is 7.03. The first-order valence-electron chi connectivity index (χ1n) is 5.89. The smallest absolute Gasteiger partial charge is 0.0722 e. The number of aryl methyl sites for hydroxylation is 1. The number of nitriles is 1. The molecule has 0 radical (unpaired) electrons. The van der Waals surface area contributed by atoms with Gasteiger partial charge in [0.1, 0.15) is 0 Å². The number of hydrogen-bond donors (Lipinski definition) is 1. The third-order valence-corrected chi connectivity index (χ3v) is 2.80. The summed E-state index contributed by atoms with van der Waals surface area (Å²) >= 11 is 0. The molecule has 86 valence electrons. The van der Waals surface area contributed by atoms with E-state index in [4.69, 9.17) is 5.26 Å². The van der Waals surface area contributed by atoms with Gasteiger partial charge in [-0.05, 0) is 24.8 Å². The molecule has 0 saturated heterocycles. The van der Waals surface area contributed by atoms with Gasteiger partial charge in [-0.15, -0.1) is 0 Å². The van der Waals surface area contributed by atoms with Crippen molar-refractivity contribution < 1.29 is 5.11 Å². The Hall–Kier alpha value is -1.33. The van der Waals surface area contributed by atoms with Gasteiger partial charge in [-0.3, -0.25) is 0 Å². The topological polar surface area (TPSA) is 44.0 Å². The molecule has 0 amide bonds. The monoisotopic (exact) mass is 217 g/mol. The molecule has 0 saturated carbocycles. The van der Waals surface area contributed by atoms with E-state index in [0.717, 1.165) is 19.3 Å². The normalized spacial score (nSPS) is 14.1. The lowest BCUT2D eigenvalue weighted by atomic mass is 9.94. The van der Waals surface area contributed by atoms with E-state index in [1.807, 2.05) is 37.3 Å². The zero-order valence-electron chi connectivity index (χ0n) is 9.76. The molecule has 1 N–H and O–H groups in total. The molecule has 0 aliphatic heterocycles. The summed E-state index contributed by atoms with van der Waals surface area (Å²) in [5.74, 6) is -0.214. The molecule has 0 aromatic heterocycles. The average Bonchev–Trinajstić information content (AvgIpc) is 2.34. The summed E-state index contributed by atoms with van der Waals surface area (Å²) < 4.78 is 0. The van der Waals surface area contributed by atoms with Gasteiger partial charge in [-0.2, -0.15) is 5.26 Å². The Morgan fingerprint density at radius 3 is 2.50 bits per heavy atom.